The molecule has 20 heavy (non-hydrogen) atoms. The molecule has 0 unspecified atom stereocenters. The highest BCUT2D eigenvalue weighted by Gasteiger charge is 2.11. The Morgan fingerprint density at radius 1 is 1.15 bits per heavy atom. The van der Waals surface area contributed by atoms with E-state index in [1.165, 1.54) is 23.4 Å². The molecule has 1 aromatic heterocycles. The molecule has 0 radical (unpaired) electrons. The fraction of sp³-hybridized carbons (Fsp3) is 0.438. The fourth-order valence-electron chi connectivity index (χ4n) is 2.26. The van der Waals surface area contributed by atoms with E-state index in [1.54, 1.807) is 12.1 Å². The molecule has 1 N–H and O–H groups in total. The summed E-state index contributed by atoms with van der Waals surface area (Å²) in [5.74, 6) is -0.220. The van der Waals surface area contributed by atoms with E-state index >= 15 is 0 Å². The van der Waals surface area contributed by atoms with E-state index in [0.717, 1.165) is 38.0 Å². The highest BCUT2D eigenvalue weighted by Crippen LogP contribution is 2.17. The molecule has 0 saturated carbocycles. The molecule has 1 heterocycles. The van der Waals surface area contributed by atoms with Crippen molar-refractivity contribution in [3.63, 3.8) is 0 Å². The molecule has 0 fully saturated rings. The Hall–Kier alpha value is -1.68. The van der Waals surface area contributed by atoms with Crippen molar-refractivity contribution in [1.29, 1.82) is 0 Å². The first-order valence-corrected chi connectivity index (χ1v) is 7.28. The lowest BCUT2D eigenvalue weighted by Crippen LogP contribution is -2.15. The molecular weight excluding hydrogens is 253 g/mol. The van der Waals surface area contributed by atoms with E-state index in [0.29, 0.717) is 0 Å². The predicted octanol–water partition coefficient (Wildman–Crippen LogP) is 3.46. The van der Waals surface area contributed by atoms with Crippen LogP contribution in [0.25, 0.3) is 5.69 Å². The summed E-state index contributed by atoms with van der Waals surface area (Å²) in [5, 5.41) is 7.88. The predicted molar refractivity (Wildman–Crippen MR) is 79.5 cm³/mol. The molecule has 0 atom stereocenters. The van der Waals surface area contributed by atoms with Gasteiger partial charge < -0.3 is 5.32 Å². The van der Waals surface area contributed by atoms with Crippen LogP contribution in [0.5, 0.6) is 0 Å². The summed E-state index contributed by atoms with van der Waals surface area (Å²) >= 11 is 0. The van der Waals surface area contributed by atoms with Gasteiger partial charge >= 0.3 is 0 Å². The number of nitrogens with zero attached hydrogens (tertiary/aromatic N) is 2. The van der Waals surface area contributed by atoms with Gasteiger partial charge in [-0.15, -0.1) is 0 Å². The summed E-state index contributed by atoms with van der Waals surface area (Å²) in [6.07, 6.45) is 5.07. The lowest BCUT2D eigenvalue weighted by atomic mass is 10.1. The summed E-state index contributed by atoms with van der Waals surface area (Å²) in [7, 11) is 0. The number of nitrogens with one attached hydrogen (secondary N) is 1. The average molecular weight is 275 g/mol. The minimum Gasteiger partial charge on any atom is -0.313 e. The Bertz CT molecular complexity index is 531. The van der Waals surface area contributed by atoms with Crippen molar-refractivity contribution >= 4 is 0 Å². The molecule has 0 bridgehead atoms. The van der Waals surface area contributed by atoms with Crippen LogP contribution < -0.4 is 5.32 Å². The molecule has 4 heteroatoms. The highest BCUT2D eigenvalue weighted by atomic mass is 19.1. The Morgan fingerprint density at radius 2 is 1.90 bits per heavy atom. The third kappa shape index (κ3) is 3.45. The van der Waals surface area contributed by atoms with Crippen molar-refractivity contribution in [3.05, 3.63) is 47.5 Å². The van der Waals surface area contributed by atoms with Crippen LogP contribution in [0.2, 0.25) is 0 Å². The van der Waals surface area contributed by atoms with Gasteiger partial charge in [0.1, 0.15) is 5.82 Å². The first-order valence-electron chi connectivity index (χ1n) is 7.28. The van der Waals surface area contributed by atoms with Crippen LogP contribution in [0, 0.1) is 5.82 Å². The number of aromatic nitrogens is 2. The summed E-state index contributed by atoms with van der Waals surface area (Å²) in [6, 6.07) is 6.49. The molecule has 108 valence electrons. The van der Waals surface area contributed by atoms with Crippen LogP contribution in [0.3, 0.4) is 0 Å². The van der Waals surface area contributed by atoms with Crippen LogP contribution in [0.15, 0.2) is 30.5 Å². The van der Waals surface area contributed by atoms with Crippen LogP contribution in [-0.2, 0) is 13.0 Å². The second-order valence-corrected chi connectivity index (χ2v) is 4.93. The second-order valence-electron chi connectivity index (χ2n) is 4.93. The molecule has 0 saturated heterocycles. The van der Waals surface area contributed by atoms with Crippen molar-refractivity contribution in [3.8, 4) is 5.69 Å². The minimum atomic E-state index is -0.220. The van der Waals surface area contributed by atoms with Gasteiger partial charge in [0, 0.05) is 17.8 Å². The number of rotatable bonds is 7. The molecule has 3 nitrogen and oxygen atoms in total. The molecular formula is C16H22FN3. The van der Waals surface area contributed by atoms with Crippen molar-refractivity contribution in [2.45, 2.75) is 39.7 Å². The molecule has 1 aromatic carbocycles. The maximum atomic E-state index is 13.0. The standard InChI is InChI=1S/C16H22FN3/c1-3-5-16-13(11-18-10-4-2)12-19-20(16)15-8-6-14(17)7-9-15/h6-9,12,18H,3-5,10-11H2,1-2H3. The van der Waals surface area contributed by atoms with Gasteiger partial charge in [-0.1, -0.05) is 20.3 Å². The van der Waals surface area contributed by atoms with Crippen molar-refractivity contribution < 1.29 is 4.39 Å². The van der Waals surface area contributed by atoms with E-state index in [2.05, 4.69) is 24.3 Å². The van der Waals surface area contributed by atoms with Gasteiger partial charge in [-0.2, -0.15) is 5.10 Å². The number of benzene rings is 1. The zero-order valence-corrected chi connectivity index (χ0v) is 12.2. The largest absolute Gasteiger partial charge is 0.313 e. The third-order valence-electron chi connectivity index (χ3n) is 3.26. The van der Waals surface area contributed by atoms with Crippen molar-refractivity contribution in [2.24, 2.45) is 0 Å². The average Bonchev–Trinajstić information content (AvgIpc) is 2.84. The van der Waals surface area contributed by atoms with Crippen LogP contribution in [-0.4, -0.2) is 16.3 Å². The van der Waals surface area contributed by atoms with E-state index in [4.69, 9.17) is 0 Å². The molecule has 0 aliphatic heterocycles. The maximum Gasteiger partial charge on any atom is 0.123 e. The lowest BCUT2D eigenvalue weighted by molar-refractivity contribution is 0.626. The smallest absolute Gasteiger partial charge is 0.123 e. The Morgan fingerprint density at radius 3 is 2.55 bits per heavy atom. The minimum absolute atomic E-state index is 0.220. The molecule has 0 aliphatic rings. The van der Waals surface area contributed by atoms with Gasteiger partial charge in [0.2, 0.25) is 0 Å². The van der Waals surface area contributed by atoms with Gasteiger partial charge in [0.05, 0.1) is 11.9 Å². The monoisotopic (exact) mass is 275 g/mol. The van der Waals surface area contributed by atoms with Gasteiger partial charge in [-0.3, -0.25) is 0 Å². The zero-order chi connectivity index (χ0) is 14.4. The number of hydrogen-bond acceptors (Lipinski definition) is 2. The summed E-state index contributed by atoms with van der Waals surface area (Å²) in [5.41, 5.74) is 3.35. The molecule has 0 aliphatic carbocycles. The summed E-state index contributed by atoms with van der Waals surface area (Å²) in [4.78, 5) is 0. The fourth-order valence-corrected chi connectivity index (χ4v) is 2.26. The Balaban J connectivity index is 2.25. The molecule has 0 amide bonds. The van der Waals surface area contributed by atoms with Crippen molar-refractivity contribution in [2.75, 3.05) is 6.54 Å². The third-order valence-corrected chi connectivity index (χ3v) is 3.26. The zero-order valence-electron chi connectivity index (χ0n) is 12.2. The van der Waals surface area contributed by atoms with Crippen LogP contribution in [0.4, 0.5) is 4.39 Å². The highest BCUT2D eigenvalue weighted by molar-refractivity contribution is 5.35. The maximum absolute atomic E-state index is 13.0. The Kier molecular flexibility index (Phi) is 5.30. The normalized spacial score (nSPS) is 10.9. The van der Waals surface area contributed by atoms with Gasteiger partial charge in [0.15, 0.2) is 0 Å². The lowest BCUT2D eigenvalue weighted by Gasteiger charge is -2.09. The van der Waals surface area contributed by atoms with Crippen LogP contribution >= 0.6 is 0 Å². The van der Waals surface area contributed by atoms with Gasteiger partial charge in [-0.25, -0.2) is 9.07 Å². The van der Waals surface area contributed by atoms with E-state index in [1.807, 2.05) is 10.9 Å². The first-order chi connectivity index (χ1) is 9.76. The summed E-state index contributed by atoms with van der Waals surface area (Å²) in [6.45, 7) is 6.16. The van der Waals surface area contributed by atoms with Gasteiger partial charge in [0.25, 0.3) is 0 Å². The second kappa shape index (κ2) is 7.20. The van der Waals surface area contributed by atoms with Crippen LogP contribution in [0.1, 0.15) is 37.9 Å². The Labute approximate surface area is 119 Å². The first kappa shape index (κ1) is 14.7. The van der Waals surface area contributed by atoms with E-state index < -0.39 is 0 Å². The molecule has 2 rings (SSSR count). The van der Waals surface area contributed by atoms with E-state index in [-0.39, 0.29) is 5.82 Å². The topological polar surface area (TPSA) is 29.9 Å². The summed E-state index contributed by atoms with van der Waals surface area (Å²) < 4.78 is 14.9. The number of halogens is 1. The van der Waals surface area contributed by atoms with Crippen molar-refractivity contribution in [1.82, 2.24) is 15.1 Å². The van der Waals surface area contributed by atoms with E-state index in [9.17, 15) is 4.39 Å². The van der Waals surface area contributed by atoms with Gasteiger partial charge in [-0.05, 0) is 43.7 Å². The molecule has 0 spiro atoms. The quantitative estimate of drug-likeness (QED) is 0.784. The SMILES string of the molecule is CCCNCc1cnn(-c2ccc(F)cc2)c1CCC. The molecule has 2 aromatic rings. The number of hydrogen-bond donors (Lipinski definition) is 1.